The maximum atomic E-state index is 11.5. The summed E-state index contributed by atoms with van der Waals surface area (Å²) in [4.78, 5) is 0. The van der Waals surface area contributed by atoms with Gasteiger partial charge in [-0.25, -0.2) is 8.42 Å². The predicted octanol–water partition coefficient (Wildman–Crippen LogP) is 2.20. The molecule has 0 bridgehead atoms. The van der Waals surface area contributed by atoms with Crippen LogP contribution in [-0.2, 0) is 9.84 Å². The Morgan fingerprint density at radius 3 is 2.59 bits per heavy atom. The molecule has 2 atom stereocenters. The molecule has 2 unspecified atom stereocenters. The minimum Gasteiger partial charge on any atom is -0.315 e. The van der Waals surface area contributed by atoms with Gasteiger partial charge in [-0.3, -0.25) is 0 Å². The highest BCUT2D eigenvalue weighted by Crippen LogP contribution is 2.27. The van der Waals surface area contributed by atoms with Gasteiger partial charge >= 0.3 is 0 Å². The highest BCUT2D eigenvalue weighted by Gasteiger charge is 2.22. The third-order valence-corrected chi connectivity index (χ3v) is 5.76. The predicted molar refractivity (Wildman–Crippen MR) is 73.4 cm³/mol. The van der Waals surface area contributed by atoms with Crippen molar-refractivity contribution >= 4 is 21.4 Å². The van der Waals surface area contributed by atoms with Crippen LogP contribution in [0.15, 0.2) is 0 Å². The Bertz CT molecular complexity index is 306. The highest BCUT2D eigenvalue weighted by molar-refractivity contribution is 7.91. The number of hydrogen-bond donors (Lipinski definition) is 1. The maximum Gasteiger partial charge on any atom is 0.151 e. The SMILES string of the molecule is CCCS(=O)(=O)CCNCC1CCCCC1Cl. The summed E-state index contributed by atoms with van der Waals surface area (Å²) in [5.41, 5.74) is 0. The average Bonchev–Trinajstić information content (AvgIpc) is 2.26. The number of nitrogens with one attached hydrogen (secondary N) is 1. The van der Waals surface area contributed by atoms with Crippen LogP contribution in [0.2, 0.25) is 0 Å². The summed E-state index contributed by atoms with van der Waals surface area (Å²) in [6, 6.07) is 0. The normalized spacial score (nSPS) is 26.0. The van der Waals surface area contributed by atoms with Crippen LogP contribution < -0.4 is 5.32 Å². The summed E-state index contributed by atoms with van der Waals surface area (Å²) in [5.74, 6) is 1.07. The van der Waals surface area contributed by atoms with E-state index in [9.17, 15) is 8.42 Å². The second-order valence-electron chi connectivity index (χ2n) is 4.92. The zero-order valence-corrected chi connectivity index (χ0v) is 12.2. The zero-order chi connectivity index (χ0) is 12.7. The van der Waals surface area contributed by atoms with E-state index >= 15 is 0 Å². The van der Waals surface area contributed by atoms with E-state index in [0.717, 1.165) is 13.0 Å². The van der Waals surface area contributed by atoms with Gasteiger partial charge in [0.2, 0.25) is 0 Å². The van der Waals surface area contributed by atoms with Crippen LogP contribution in [0.4, 0.5) is 0 Å². The van der Waals surface area contributed by atoms with Crippen molar-refractivity contribution in [3.05, 3.63) is 0 Å². The maximum absolute atomic E-state index is 11.5. The van der Waals surface area contributed by atoms with Crippen molar-refractivity contribution < 1.29 is 8.42 Å². The lowest BCUT2D eigenvalue weighted by Gasteiger charge is -2.27. The van der Waals surface area contributed by atoms with Crippen molar-refractivity contribution in [1.82, 2.24) is 5.32 Å². The van der Waals surface area contributed by atoms with Crippen LogP contribution in [0.25, 0.3) is 0 Å². The molecule has 0 spiro atoms. The molecule has 0 aromatic rings. The Hall–Kier alpha value is 0.200. The molecule has 0 aromatic heterocycles. The Balaban J connectivity index is 2.15. The molecule has 5 heteroatoms. The molecular weight excluding hydrogens is 258 g/mol. The van der Waals surface area contributed by atoms with Gasteiger partial charge in [0, 0.05) is 17.7 Å². The first-order valence-electron chi connectivity index (χ1n) is 6.60. The van der Waals surface area contributed by atoms with Crippen LogP contribution in [0.1, 0.15) is 39.0 Å². The van der Waals surface area contributed by atoms with Crippen LogP contribution in [-0.4, -0.2) is 38.4 Å². The van der Waals surface area contributed by atoms with Gasteiger partial charge in [0.25, 0.3) is 0 Å². The summed E-state index contributed by atoms with van der Waals surface area (Å²) in [6.45, 7) is 3.31. The van der Waals surface area contributed by atoms with E-state index in [4.69, 9.17) is 11.6 Å². The van der Waals surface area contributed by atoms with Crippen LogP contribution in [0, 0.1) is 5.92 Å². The zero-order valence-electron chi connectivity index (χ0n) is 10.6. The minimum atomic E-state index is -2.84. The second kappa shape index (κ2) is 7.59. The van der Waals surface area contributed by atoms with Crippen molar-refractivity contribution in [2.45, 2.75) is 44.4 Å². The Kier molecular flexibility index (Phi) is 6.82. The van der Waals surface area contributed by atoms with E-state index in [1.165, 1.54) is 19.3 Å². The highest BCUT2D eigenvalue weighted by atomic mass is 35.5. The Labute approximate surface area is 110 Å². The van der Waals surface area contributed by atoms with Gasteiger partial charge in [-0.15, -0.1) is 11.6 Å². The molecule has 0 radical (unpaired) electrons. The standard InChI is InChI=1S/C12H24ClNO2S/c1-2-8-17(15,16)9-7-14-10-11-5-3-4-6-12(11)13/h11-12,14H,2-10H2,1H3. The van der Waals surface area contributed by atoms with Crippen molar-refractivity contribution in [1.29, 1.82) is 0 Å². The topological polar surface area (TPSA) is 46.2 Å². The van der Waals surface area contributed by atoms with Crippen molar-refractivity contribution in [2.24, 2.45) is 5.92 Å². The molecule has 1 rings (SSSR count). The Morgan fingerprint density at radius 1 is 1.24 bits per heavy atom. The van der Waals surface area contributed by atoms with E-state index in [-0.39, 0.29) is 11.1 Å². The molecule has 0 saturated heterocycles. The largest absolute Gasteiger partial charge is 0.315 e. The molecular formula is C12H24ClNO2S. The molecule has 1 N–H and O–H groups in total. The van der Waals surface area contributed by atoms with E-state index in [1.807, 2.05) is 6.92 Å². The van der Waals surface area contributed by atoms with Crippen molar-refractivity contribution in [3.63, 3.8) is 0 Å². The van der Waals surface area contributed by atoms with Gasteiger partial charge in [-0.2, -0.15) is 0 Å². The Morgan fingerprint density at radius 2 is 1.94 bits per heavy atom. The van der Waals surface area contributed by atoms with Crippen molar-refractivity contribution in [2.75, 3.05) is 24.6 Å². The molecule has 1 fully saturated rings. The van der Waals surface area contributed by atoms with Crippen LogP contribution in [0.3, 0.4) is 0 Å². The number of rotatable bonds is 7. The van der Waals surface area contributed by atoms with E-state index in [2.05, 4.69) is 5.32 Å². The fourth-order valence-corrected chi connectivity index (χ4v) is 3.97. The second-order valence-corrected chi connectivity index (χ2v) is 7.78. The number of halogens is 1. The minimum absolute atomic E-state index is 0.251. The lowest BCUT2D eigenvalue weighted by Crippen LogP contribution is -2.33. The molecule has 0 heterocycles. The van der Waals surface area contributed by atoms with Crippen LogP contribution in [0.5, 0.6) is 0 Å². The fourth-order valence-electron chi connectivity index (χ4n) is 2.32. The summed E-state index contributed by atoms with van der Waals surface area (Å²) >= 11 is 6.24. The lowest BCUT2D eigenvalue weighted by molar-refractivity contribution is 0.351. The summed E-state index contributed by atoms with van der Waals surface area (Å²) < 4.78 is 23.0. The third kappa shape index (κ3) is 6.07. The first kappa shape index (κ1) is 15.3. The van der Waals surface area contributed by atoms with Crippen LogP contribution >= 0.6 is 11.6 Å². The van der Waals surface area contributed by atoms with Gasteiger partial charge in [0.1, 0.15) is 0 Å². The van der Waals surface area contributed by atoms with Gasteiger partial charge in [0.15, 0.2) is 9.84 Å². The van der Waals surface area contributed by atoms with Crippen molar-refractivity contribution in [3.8, 4) is 0 Å². The summed E-state index contributed by atoms with van der Waals surface area (Å²) in [7, 11) is -2.84. The van der Waals surface area contributed by atoms with E-state index in [0.29, 0.717) is 24.6 Å². The first-order chi connectivity index (χ1) is 8.05. The van der Waals surface area contributed by atoms with Gasteiger partial charge in [0.05, 0.1) is 5.75 Å². The summed E-state index contributed by atoms with van der Waals surface area (Å²) in [6.07, 6.45) is 5.46. The molecule has 1 aliphatic carbocycles. The smallest absolute Gasteiger partial charge is 0.151 e. The first-order valence-corrected chi connectivity index (χ1v) is 8.86. The fraction of sp³-hybridized carbons (Fsp3) is 1.00. The van der Waals surface area contributed by atoms with E-state index in [1.54, 1.807) is 0 Å². The third-order valence-electron chi connectivity index (χ3n) is 3.33. The molecule has 3 nitrogen and oxygen atoms in total. The molecule has 1 aliphatic rings. The monoisotopic (exact) mass is 281 g/mol. The molecule has 102 valence electrons. The number of hydrogen-bond acceptors (Lipinski definition) is 3. The summed E-state index contributed by atoms with van der Waals surface area (Å²) in [5, 5.41) is 3.50. The molecule has 0 aromatic carbocycles. The average molecular weight is 282 g/mol. The van der Waals surface area contributed by atoms with Gasteiger partial charge in [-0.1, -0.05) is 19.8 Å². The molecule has 0 amide bonds. The number of alkyl halides is 1. The quantitative estimate of drug-likeness (QED) is 0.575. The molecule has 0 aliphatic heterocycles. The van der Waals surface area contributed by atoms with Gasteiger partial charge < -0.3 is 5.32 Å². The van der Waals surface area contributed by atoms with Gasteiger partial charge in [-0.05, 0) is 31.7 Å². The lowest BCUT2D eigenvalue weighted by atomic mass is 9.89. The molecule has 1 saturated carbocycles. The number of sulfone groups is 1. The molecule has 17 heavy (non-hydrogen) atoms. The van der Waals surface area contributed by atoms with E-state index < -0.39 is 9.84 Å².